The molecule has 24 heavy (non-hydrogen) atoms. The molecule has 4 nitrogen and oxygen atoms in total. The summed E-state index contributed by atoms with van der Waals surface area (Å²) >= 11 is 0. The fourth-order valence-electron chi connectivity index (χ4n) is 3.42. The Morgan fingerprint density at radius 2 is 2.04 bits per heavy atom. The second-order valence-corrected chi connectivity index (χ2v) is 7.18. The van der Waals surface area contributed by atoms with Gasteiger partial charge in [-0.1, -0.05) is 26.0 Å². The zero-order chi connectivity index (χ0) is 17.4. The van der Waals surface area contributed by atoms with Gasteiger partial charge in [-0.05, 0) is 62.4 Å². The van der Waals surface area contributed by atoms with Crippen LogP contribution in [-0.4, -0.2) is 43.6 Å². The summed E-state index contributed by atoms with van der Waals surface area (Å²) in [5.74, 6) is 1.65. The molecule has 1 amide bonds. The molecular formula is C20H32N2O2. The van der Waals surface area contributed by atoms with E-state index >= 15 is 0 Å². The van der Waals surface area contributed by atoms with E-state index < -0.39 is 0 Å². The van der Waals surface area contributed by atoms with Crippen LogP contribution in [0.2, 0.25) is 0 Å². The van der Waals surface area contributed by atoms with Gasteiger partial charge in [0.05, 0.1) is 7.11 Å². The normalized spacial score (nSPS) is 16.3. The lowest BCUT2D eigenvalue weighted by molar-refractivity contribution is -0.121. The van der Waals surface area contributed by atoms with Crippen LogP contribution in [0.3, 0.4) is 0 Å². The first-order chi connectivity index (χ1) is 11.6. The second-order valence-electron chi connectivity index (χ2n) is 7.18. The Hall–Kier alpha value is -1.55. The molecule has 134 valence electrons. The molecule has 1 fully saturated rings. The molecule has 1 heterocycles. The summed E-state index contributed by atoms with van der Waals surface area (Å²) in [5.41, 5.74) is 1.14. The molecule has 1 unspecified atom stereocenters. The summed E-state index contributed by atoms with van der Waals surface area (Å²) in [6.07, 6.45) is 5.01. The number of hydrogen-bond donors (Lipinski definition) is 1. The molecule has 0 spiro atoms. The predicted octanol–water partition coefficient (Wildman–Crippen LogP) is 3.25. The van der Waals surface area contributed by atoms with Gasteiger partial charge in [0.25, 0.3) is 0 Å². The van der Waals surface area contributed by atoms with Gasteiger partial charge in [-0.3, -0.25) is 9.69 Å². The molecular weight excluding hydrogens is 300 g/mol. The van der Waals surface area contributed by atoms with Crippen LogP contribution >= 0.6 is 0 Å². The molecule has 0 saturated carbocycles. The quantitative estimate of drug-likeness (QED) is 0.755. The van der Waals surface area contributed by atoms with Gasteiger partial charge in [0.15, 0.2) is 0 Å². The summed E-state index contributed by atoms with van der Waals surface area (Å²) < 4.78 is 5.23. The van der Waals surface area contributed by atoms with E-state index in [0.717, 1.165) is 30.7 Å². The lowest BCUT2D eigenvalue weighted by Gasteiger charge is -2.29. The first-order valence-corrected chi connectivity index (χ1v) is 9.22. The Kier molecular flexibility index (Phi) is 7.57. The molecule has 0 bridgehead atoms. The Labute approximate surface area is 146 Å². The number of nitrogens with zero attached hydrogens (tertiary/aromatic N) is 1. The monoisotopic (exact) mass is 332 g/mol. The molecule has 4 heteroatoms. The zero-order valence-electron chi connectivity index (χ0n) is 15.4. The van der Waals surface area contributed by atoms with Gasteiger partial charge in [0, 0.05) is 19.0 Å². The van der Waals surface area contributed by atoms with E-state index in [4.69, 9.17) is 4.74 Å². The van der Waals surface area contributed by atoms with Crippen molar-refractivity contribution in [2.45, 2.75) is 52.0 Å². The Balaban J connectivity index is 1.77. The van der Waals surface area contributed by atoms with Crippen LogP contribution in [-0.2, 0) is 11.2 Å². The molecule has 2 rings (SSSR count). The van der Waals surface area contributed by atoms with E-state index in [1.807, 2.05) is 24.3 Å². The smallest absolute Gasteiger partial charge is 0.220 e. The van der Waals surface area contributed by atoms with Gasteiger partial charge < -0.3 is 10.1 Å². The first-order valence-electron chi connectivity index (χ1n) is 9.22. The predicted molar refractivity (Wildman–Crippen MR) is 98.4 cm³/mol. The van der Waals surface area contributed by atoms with Crippen LogP contribution in [0.5, 0.6) is 5.75 Å². The standard InChI is InChI=1S/C20H32N2O2/c1-16(2)13-18(22-11-4-5-12-22)15-21-20(23)10-9-17-7-6-8-19(14-17)24-3/h6-8,14,16,18H,4-5,9-13,15H2,1-3H3,(H,21,23). The fourth-order valence-corrected chi connectivity index (χ4v) is 3.42. The SMILES string of the molecule is COc1cccc(CCC(=O)NCC(CC(C)C)N2CCCC2)c1. The molecule has 1 aromatic carbocycles. The number of aryl methyl sites for hydroxylation is 1. The van der Waals surface area contributed by atoms with E-state index in [-0.39, 0.29) is 5.91 Å². The van der Waals surface area contributed by atoms with Gasteiger partial charge in [-0.15, -0.1) is 0 Å². The number of rotatable bonds is 9. The number of carbonyl (C=O) groups excluding carboxylic acids is 1. The third kappa shape index (κ3) is 6.16. The molecule has 0 aromatic heterocycles. The number of methoxy groups -OCH3 is 1. The fraction of sp³-hybridized carbons (Fsp3) is 0.650. The maximum absolute atomic E-state index is 12.2. The molecule has 1 aliphatic rings. The highest BCUT2D eigenvalue weighted by molar-refractivity contribution is 5.76. The van der Waals surface area contributed by atoms with Crippen LogP contribution in [0.15, 0.2) is 24.3 Å². The van der Waals surface area contributed by atoms with E-state index in [9.17, 15) is 4.79 Å². The molecule has 1 saturated heterocycles. The molecule has 0 radical (unpaired) electrons. The summed E-state index contributed by atoms with van der Waals surface area (Å²) in [6.45, 7) is 7.64. The Bertz CT molecular complexity index is 510. The Morgan fingerprint density at radius 1 is 1.29 bits per heavy atom. The summed E-state index contributed by atoms with van der Waals surface area (Å²) in [4.78, 5) is 14.8. The third-order valence-electron chi connectivity index (χ3n) is 4.71. The minimum Gasteiger partial charge on any atom is -0.497 e. The molecule has 1 atom stereocenters. The molecule has 1 N–H and O–H groups in total. The van der Waals surface area contributed by atoms with E-state index in [1.165, 1.54) is 25.9 Å². The summed E-state index contributed by atoms with van der Waals surface area (Å²) in [6, 6.07) is 8.42. The second kappa shape index (κ2) is 9.67. The van der Waals surface area contributed by atoms with E-state index in [0.29, 0.717) is 18.4 Å². The maximum Gasteiger partial charge on any atom is 0.220 e. The van der Waals surface area contributed by atoms with Crippen molar-refractivity contribution < 1.29 is 9.53 Å². The van der Waals surface area contributed by atoms with Crippen LogP contribution in [0.1, 0.15) is 45.1 Å². The van der Waals surface area contributed by atoms with Crippen molar-refractivity contribution in [2.24, 2.45) is 5.92 Å². The number of hydrogen-bond acceptors (Lipinski definition) is 3. The highest BCUT2D eigenvalue weighted by atomic mass is 16.5. The van der Waals surface area contributed by atoms with Crippen LogP contribution < -0.4 is 10.1 Å². The highest BCUT2D eigenvalue weighted by Crippen LogP contribution is 2.17. The summed E-state index contributed by atoms with van der Waals surface area (Å²) in [5, 5.41) is 3.15. The number of carbonyl (C=O) groups is 1. The lowest BCUT2D eigenvalue weighted by atomic mass is 10.0. The lowest BCUT2D eigenvalue weighted by Crippen LogP contribution is -2.43. The average molecular weight is 332 g/mol. The summed E-state index contributed by atoms with van der Waals surface area (Å²) in [7, 11) is 1.67. The van der Waals surface area contributed by atoms with Gasteiger partial charge >= 0.3 is 0 Å². The van der Waals surface area contributed by atoms with Crippen molar-refractivity contribution in [1.29, 1.82) is 0 Å². The van der Waals surface area contributed by atoms with Gasteiger partial charge in [0.2, 0.25) is 5.91 Å². The number of benzene rings is 1. The van der Waals surface area contributed by atoms with Gasteiger partial charge in [-0.2, -0.15) is 0 Å². The number of nitrogens with one attached hydrogen (secondary N) is 1. The molecule has 0 aliphatic carbocycles. The van der Waals surface area contributed by atoms with Gasteiger partial charge in [-0.25, -0.2) is 0 Å². The molecule has 1 aliphatic heterocycles. The zero-order valence-corrected chi connectivity index (χ0v) is 15.4. The minimum absolute atomic E-state index is 0.144. The maximum atomic E-state index is 12.2. The number of amides is 1. The minimum atomic E-state index is 0.144. The van der Waals surface area contributed by atoms with Crippen molar-refractivity contribution in [3.05, 3.63) is 29.8 Å². The van der Waals surface area contributed by atoms with Crippen LogP contribution in [0.4, 0.5) is 0 Å². The van der Waals surface area contributed by atoms with Gasteiger partial charge in [0.1, 0.15) is 5.75 Å². The first kappa shape index (κ1) is 18.8. The largest absolute Gasteiger partial charge is 0.497 e. The highest BCUT2D eigenvalue weighted by Gasteiger charge is 2.23. The number of likely N-dealkylation sites (tertiary alicyclic amines) is 1. The van der Waals surface area contributed by atoms with Crippen molar-refractivity contribution in [3.63, 3.8) is 0 Å². The topological polar surface area (TPSA) is 41.6 Å². The third-order valence-corrected chi connectivity index (χ3v) is 4.71. The number of ether oxygens (including phenoxy) is 1. The van der Waals surface area contributed by atoms with Crippen molar-refractivity contribution in [3.8, 4) is 5.75 Å². The average Bonchev–Trinajstić information content (AvgIpc) is 3.11. The van der Waals surface area contributed by atoms with E-state index in [2.05, 4.69) is 24.1 Å². The van der Waals surface area contributed by atoms with Crippen molar-refractivity contribution in [2.75, 3.05) is 26.7 Å². The van der Waals surface area contributed by atoms with Crippen molar-refractivity contribution >= 4 is 5.91 Å². The van der Waals surface area contributed by atoms with Crippen molar-refractivity contribution in [1.82, 2.24) is 10.2 Å². The molecule has 1 aromatic rings. The van der Waals surface area contributed by atoms with E-state index in [1.54, 1.807) is 7.11 Å². The van der Waals surface area contributed by atoms with Crippen LogP contribution in [0, 0.1) is 5.92 Å². The van der Waals surface area contributed by atoms with Crippen LogP contribution in [0.25, 0.3) is 0 Å². The Morgan fingerprint density at radius 3 is 2.71 bits per heavy atom.